The molecule has 1 amide bonds. The Morgan fingerprint density at radius 1 is 1.07 bits per heavy atom. The molecule has 1 heterocycles. The Hall–Kier alpha value is -2.38. The normalized spacial score (nSPS) is 15.9. The summed E-state index contributed by atoms with van der Waals surface area (Å²) >= 11 is 0. The van der Waals surface area contributed by atoms with Crippen molar-refractivity contribution >= 4 is 15.9 Å². The third kappa shape index (κ3) is 4.91. The second-order valence-electron chi connectivity index (χ2n) is 7.08. The molecule has 3 rings (SSSR count). The number of carbonyl (C=O) groups excluding carboxylic acids is 1. The predicted molar refractivity (Wildman–Crippen MR) is 108 cm³/mol. The average molecular weight is 403 g/mol. The Morgan fingerprint density at radius 3 is 2.25 bits per heavy atom. The summed E-state index contributed by atoms with van der Waals surface area (Å²) in [4.78, 5) is 12.5. The molecule has 0 spiro atoms. The van der Waals surface area contributed by atoms with E-state index in [0.29, 0.717) is 38.1 Å². The molecule has 0 atom stereocenters. The zero-order valence-electron chi connectivity index (χ0n) is 16.2. The number of benzene rings is 2. The van der Waals surface area contributed by atoms with Gasteiger partial charge in [0, 0.05) is 19.1 Å². The second-order valence-corrected chi connectivity index (χ2v) is 9.02. The highest BCUT2D eigenvalue weighted by Gasteiger charge is 2.29. The summed E-state index contributed by atoms with van der Waals surface area (Å²) in [5.74, 6) is 0.592. The van der Waals surface area contributed by atoms with Crippen LogP contribution in [0, 0.1) is 6.92 Å². The van der Waals surface area contributed by atoms with E-state index in [1.54, 1.807) is 31.4 Å². The van der Waals surface area contributed by atoms with Crippen molar-refractivity contribution in [2.75, 3.05) is 20.2 Å². The van der Waals surface area contributed by atoms with Gasteiger partial charge in [0.05, 0.1) is 18.4 Å². The van der Waals surface area contributed by atoms with Gasteiger partial charge in [-0.25, -0.2) is 8.42 Å². The van der Waals surface area contributed by atoms with Gasteiger partial charge >= 0.3 is 0 Å². The molecule has 0 saturated carbocycles. The molecular formula is C21H26N2O4S. The minimum absolute atomic E-state index is 0.000246. The van der Waals surface area contributed by atoms with E-state index < -0.39 is 10.0 Å². The number of amides is 1. The molecule has 6 nitrogen and oxygen atoms in total. The van der Waals surface area contributed by atoms with Crippen LogP contribution in [-0.4, -0.2) is 44.9 Å². The summed E-state index contributed by atoms with van der Waals surface area (Å²) in [7, 11) is -1.98. The quantitative estimate of drug-likeness (QED) is 0.806. The lowest BCUT2D eigenvalue weighted by Crippen LogP contribution is -2.46. The van der Waals surface area contributed by atoms with Crippen LogP contribution in [0.4, 0.5) is 0 Å². The lowest BCUT2D eigenvalue weighted by molar-refractivity contribution is -0.121. The zero-order valence-corrected chi connectivity index (χ0v) is 17.0. The molecule has 0 aliphatic carbocycles. The molecule has 2 aromatic rings. The van der Waals surface area contributed by atoms with E-state index in [1.807, 2.05) is 31.2 Å². The maximum absolute atomic E-state index is 12.8. The number of nitrogens with one attached hydrogen (secondary N) is 1. The van der Waals surface area contributed by atoms with Crippen LogP contribution >= 0.6 is 0 Å². The van der Waals surface area contributed by atoms with Gasteiger partial charge in [-0.15, -0.1) is 0 Å². The third-order valence-corrected chi connectivity index (χ3v) is 6.91. The van der Waals surface area contributed by atoms with Crippen LogP contribution in [0.2, 0.25) is 0 Å². The summed E-state index contributed by atoms with van der Waals surface area (Å²) in [6, 6.07) is 14.3. The first-order chi connectivity index (χ1) is 13.4. The number of rotatable bonds is 6. The van der Waals surface area contributed by atoms with Crippen molar-refractivity contribution in [3.05, 3.63) is 59.7 Å². The number of sulfonamides is 1. The maximum atomic E-state index is 12.8. The molecule has 0 bridgehead atoms. The van der Waals surface area contributed by atoms with Gasteiger partial charge in [-0.05, 0) is 49.6 Å². The van der Waals surface area contributed by atoms with Gasteiger partial charge in [0.2, 0.25) is 15.9 Å². The SMILES string of the molecule is COc1ccc(S(=O)(=O)N2CCC(NC(=O)Cc3ccc(C)cc3)CC2)cc1. The van der Waals surface area contributed by atoms with Crippen molar-refractivity contribution in [1.29, 1.82) is 0 Å². The highest BCUT2D eigenvalue weighted by molar-refractivity contribution is 7.89. The van der Waals surface area contributed by atoms with E-state index in [4.69, 9.17) is 4.74 Å². The topological polar surface area (TPSA) is 75.7 Å². The molecule has 0 unspecified atom stereocenters. The number of carbonyl (C=O) groups is 1. The van der Waals surface area contributed by atoms with Gasteiger partial charge in [0.1, 0.15) is 5.75 Å². The van der Waals surface area contributed by atoms with Crippen molar-refractivity contribution < 1.29 is 17.9 Å². The van der Waals surface area contributed by atoms with Crippen molar-refractivity contribution in [2.45, 2.75) is 37.1 Å². The molecule has 0 radical (unpaired) electrons. The number of ether oxygens (including phenoxy) is 1. The minimum Gasteiger partial charge on any atom is -0.497 e. The van der Waals surface area contributed by atoms with Gasteiger partial charge < -0.3 is 10.1 Å². The van der Waals surface area contributed by atoms with Crippen molar-refractivity contribution in [3.63, 3.8) is 0 Å². The second kappa shape index (κ2) is 8.75. The van der Waals surface area contributed by atoms with Crippen LogP contribution in [-0.2, 0) is 21.2 Å². The first kappa shape index (κ1) is 20.4. The predicted octanol–water partition coefficient (Wildman–Crippen LogP) is 2.52. The van der Waals surface area contributed by atoms with Gasteiger partial charge in [-0.3, -0.25) is 4.79 Å². The van der Waals surface area contributed by atoms with Gasteiger partial charge in [-0.1, -0.05) is 29.8 Å². The highest BCUT2D eigenvalue weighted by atomic mass is 32.2. The maximum Gasteiger partial charge on any atom is 0.243 e. The van der Waals surface area contributed by atoms with Gasteiger partial charge in [-0.2, -0.15) is 4.31 Å². The third-order valence-electron chi connectivity index (χ3n) is 5.00. The summed E-state index contributed by atoms with van der Waals surface area (Å²) in [5.41, 5.74) is 2.14. The minimum atomic E-state index is -3.53. The molecule has 1 aliphatic rings. The first-order valence-electron chi connectivity index (χ1n) is 9.37. The summed E-state index contributed by atoms with van der Waals surface area (Å²) < 4.78 is 32.1. The Kier molecular flexibility index (Phi) is 6.36. The van der Waals surface area contributed by atoms with E-state index >= 15 is 0 Å². The Balaban J connectivity index is 1.53. The molecule has 7 heteroatoms. The first-order valence-corrected chi connectivity index (χ1v) is 10.8. The monoisotopic (exact) mass is 402 g/mol. The van der Waals surface area contributed by atoms with Crippen LogP contribution in [0.5, 0.6) is 5.75 Å². The van der Waals surface area contributed by atoms with E-state index in [-0.39, 0.29) is 16.8 Å². The molecule has 0 aromatic heterocycles. The Bertz CT molecular complexity index is 900. The molecule has 1 saturated heterocycles. The standard InChI is InChI=1S/C21H26N2O4S/c1-16-3-5-17(6-4-16)15-21(24)22-18-11-13-23(14-12-18)28(25,26)20-9-7-19(27-2)8-10-20/h3-10,18H,11-15H2,1-2H3,(H,22,24). The lowest BCUT2D eigenvalue weighted by Gasteiger charge is -2.31. The number of nitrogens with zero attached hydrogens (tertiary/aromatic N) is 1. The number of hydrogen-bond acceptors (Lipinski definition) is 4. The number of aryl methyl sites for hydroxylation is 1. The molecule has 1 N–H and O–H groups in total. The van der Waals surface area contributed by atoms with E-state index in [2.05, 4.69) is 5.32 Å². The smallest absolute Gasteiger partial charge is 0.243 e. The van der Waals surface area contributed by atoms with Crippen LogP contribution in [0.25, 0.3) is 0 Å². The fraction of sp³-hybridized carbons (Fsp3) is 0.381. The Labute approximate surface area is 166 Å². The summed E-state index contributed by atoms with van der Waals surface area (Å²) in [5, 5.41) is 3.03. The van der Waals surface area contributed by atoms with Crippen molar-refractivity contribution in [1.82, 2.24) is 9.62 Å². The molecule has 1 aliphatic heterocycles. The lowest BCUT2D eigenvalue weighted by atomic mass is 10.1. The largest absolute Gasteiger partial charge is 0.497 e. The van der Waals surface area contributed by atoms with Crippen LogP contribution in [0.15, 0.2) is 53.4 Å². The number of methoxy groups -OCH3 is 1. The summed E-state index contributed by atoms with van der Waals surface area (Å²) in [6.07, 6.45) is 1.55. The van der Waals surface area contributed by atoms with E-state index in [0.717, 1.165) is 11.1 Å². The number of piperidine rings is 1. The zero-order chi connectivity index (χ0) is 20.1. The van der Waals surface area contributed by atoms with Crippen LogP contribution in [0.3, 0.4) is 0 Å². The fourth-order valence-electron chi connectivity index (χ4n) is 3.31. The molecule has 150 valence electrons. The van der Waals surface area contributed by atoms with Crippen LogP contribution < -0.4 is 10.1 Å². The molecule has 1 fully saturated rings. The molecular weight excluding hydrogens is 376 g/mol. The van der Waals surface area contributed by atoms with Gasteiger partial charge in [0.15, 0.2) is 0 Å². The summed E-state index contributed by atoms with van der Waals surface area (Å²) in [6.45, 7) is 2.80. The Morgan fingerprint density at radius 2 is 1.68 bits per heavy atom. The van der Waals surface area contributed by atoms with Crippen molar-refractivity contribution in [2.24, 2.45) is 0 Å². The highest BCUT2D eigenvalue weighted by Crippen LogP contribution is 2.23. The van der Waals surface area contributed by atoms with E-state index in [1.165, 1.54) is 4.31 Å². The van der Waals surface area contributed by atoms with Crippen LogP contribution in [0.1, 0.15) is 24.0 Å². The average Bonchev–Trinajstić information content (AvgIpc) is 2.70. The molecule has 2 aromatic carbocycles. The number of hydrogen-bond donors (Lipinski definition) is 1. The van der Waals surface area contributed by atoms with E-state index in [9.17, 15) is 13.2 Å². The van der Waals surface area contributed by atoms with Crippen molar-refractivity contribution in [3.8, 4) is 5.75 Å². The van der Waals surface area contributed by atoms with Gasteiger partial charge in [0.25, 0.3) is 0 Å². The fourth-order valence-corrected chi connectivity index (χ4v) is 4.78. The molecule has 28 heavy (non-hydrogen) atoms.